The van der Waals surface area contributed by atoms with Gasteiger partial charge >= 0.3 is 0 Å². The van der Waals surface area contributed by atoms with Crippen LogP contribution >= 0.6 is 0 Å². The van der Waals surface area contributed by atoms with Gasteiger partial charge < -0.3 is 16.5 Å². The number of hydrogen-bond donors (Lipinski definition) is 3. The number of nitrogens with zero attached hydrogens (tertiary/aromatic N) is 3. The average Bonchev–Trinajstić information content (AvgIpc) is 3.01. The summed E-state index contributed by atoms with van der Waals surface area (Å²) in [4.78, 5) is 7.47. The van der Waals surface area contributed by atoms with Gasteiger partial charge in [-0.2, -0.15) is 9.61 Å². The predicted octanol–water partition coefficient (Wildman–Crippen LogP) is 2.04. The van der Waals surface area contributed by atoms with Gasteiger partial charge in [0.2, 0.25) is 0 Å². The monoisotopic (exact) mass is 264 g/mol. The molecule has 3 heterocycles. The Balaban J connectivity index is 2.01. The Labute approximate surface area is 114 Å². The molecule has 0 radical (unpaired) electrons. The van der Waals surface area contributed by atoms with E-state index in [1.54, 1.807) is 10.6 Å². The topological polar surface area (TPSA) is 98.0 Å². The van der Waals surface area contributed by atoms with Crippen molar-refractivity contribution in [3.05, 3.63) is 42.6 Å². The van der Waals surface area contributed by atoms with E-state index in [1.165, 1.54) is 0 Å². The molecule has 0 amide bonds. The summed E-state index contributed by atoms with van der Waals surface area (Å²) in [5.41, 5.74) is 15.2. The lowest BCUT2D eigenvalue weighted by atomic mass is 10.1. The maximum absolute atomic E-state index is 5.91. The molecule has 4 rings (SSSR count). The van der Waals surface area contributed by atoms with Crippen molar-refractivity contribution in [1.29, 1.82) is 0 Å². The van der Waals surface area contributed by atoms with E-state index in [-0.39, 0.29) is 0 Å². The molecule has 0 fully saturated rings. The summed E-state index contributed by atoms with van der Waals surface area (Å²) in [6.07, 6.45) is 1.94. The third kappa shape index (κ3) is 1.45. The Bertz CT molecular complexity index is 933. The second kappa shape index (κ2) is 3.74. The second-order valence-corrected chi connectivity index (χ2v) is 4.65. The standard InChI is InChI=1S/C14H12N6/c15-12-6-13(16)20-14(18-12)5-11(19-20)9-7-17-10-4-2-1-3-8(9)10/h1-7,17H,16H2,(H2,15,18). The van der Waals surface area contributed by atoms with Crippen molar-refractivity contribution in [2.24, 2.45) is 0 Å². The summed E-state index contributed by atoms with van der Waals surface area (Å²) >= 11 is 0. The minimum absolute atomic E-state index is 0.389. The van der Waals surface area contributed by atoms with Crippen LogP contribution in [0.1, 0.15) is 0 Å². The van der Waals surface area contributed by atoms with Crippen LogP contribution in [0.15, 0.2) is 42.6 Å². The van der Waals surface area contributed by atoms with E-state index in [0.29, 0.717) is 17.3 Å². The van der Waals surface area contributed by atoms with Crippen LogP contribution in [-0.2, 0) is 0 Å². The number of aromatic nitrogens is 4. The van der Waals surface area contributed by atoms with Crippen LogP contribution in [0, 0.1) is 0 Å². The van der Waals surface area contributed by atoms with Crippen LogP contribution in [-0.4, -0.2) is 19.6 Å². The van der Waals surface area contributed by atoms with Gasteiger partial charge in [0.1, 0.15) is 11.6 Å². The first-order chi connectivity index (χ1) is 9.72. The Morgan fingerprint density at radius 1 is 1.10 bits per heavy atom. The normalized spacial score (nSPS) is 11.4. The Morgan fingerprint density at radius 3 is 2.85 bits per heavy atom. The van der Waals surface area contributed by atoms with Crippen molar-refractivity contribution in [2.75, 3.05) is 11.5 Å². The number of nitrogens with one attached hydrogen (secondary N) is 1. The number of aromatic amines is 1. The van der Waals surface area contributed by atoms with Crippen LogP contribution in [0.3, 0.4) is 0 Å². The molecule has 1 aromatic carbocycles. The van der Waals surface area contributed by atoms with Crippen molar-refractivity contribution in [3.63, 3.8) is 0 Å². The number of nitrogens with two attached hydrogens (primary N) is 2. The number of fused-ring (bicyclic) bond motifs is 2. The van der Waals surface area contributed by atoms with E-state index in [4.69, 9.17) is 11.5 Å². The molecule has 0 spiro atoms. The molecule has 0 saturated heterocycles. The summed E-state index contributed by atoms with van der Waals surface area (Å²) < 4.78 is 1.59. The molecule has 0 unspecified atom stereocenters. The number of benzene rings is 1. The highest BCUT2D eigenvalue weighted by atomic mass is 15.3. The van der Waals surface area contributed by atoms with Gasteiger partial charge in [-0.15, -0.1) is 0 Å². The lowest BCUT2D eigenvalue weighted by Crippen LogP contribution is -2.02. The van der Waals surface area contributed by atoms with Gasteiger partial charge in [0, 0.05) is 34.8 Å². The molecule has 3 aromatic heterocycles. The van der Waals surface area contributed by atoms with Gasteiger partial charge in [-0.3, -0.25) is 0 Å². The van der Waals surface area contributed by atoms with Crippen molar-refractivity contribution < 1.29 is 0 Å². The molecule has 5 N–H and O–H groups in total. The molecule has 0 atom stereocenters. The van der Waals surface area contributed by atoms with E-state index in [0.717, 1.165) is 22.2 Å². The summed E-state index contributed by atoms with van der Waals surface area (Å²) in [5.74, 6) is 0.860. The number of hydrogen-bond acceptors (Lipinski definition) is 4. The fourth-order valence-electron chi connectivity index (χ4n) is 2.43. The first-order valence-electron chi connectivity index (χ1n) is 6.20. The SMILES string of the molecule is Nc1cc(N)n2nc(-c3c[nH]c4ccccc34)cc2n1. The zero-order valence-electron chi connectivity index (χ0n) is 10.5. The molecule has 0 saturated carbocycles. The van der Waals surface area contributed by atoms with E-state index in [1.807, 2.05) is 30.5 Å². The van der Waals surface area contributed by atoms with E-state index >= 15 is 0 Å². The first-order valence-corrected chi connectivity index (χ1v) is 6.20. The van der Waals surface area contributed by atoms with E-state index < -0.39 is 0 Å². The maximum Gasteiger partial charge on any atom is 0.160 e. The highest BCUT2D eigenvalue weighted by Gasteiger charge is 2.11. The molecule has 4 aromatic rings. The zero-order valence-corrected chi connectivity index (χ0v) is 10.5. The van der Waals surface area contributed by atoms with Crippen LogP contribution in [0.5, 0.6) is 0 Å². The van der Waals surface area contributed by atoms with Gasteiger partial charge in [-0.25, -0.2) is 4.98 Å². The molecule has 0 aliphatic carbocycles. The zero-order chi connectivity index (χ0) is 13.7. The number of para-hydroxylation sites is 1. The second-order valence-electron chi connectivity index (χ2n) is 4.65. The van der Waals surface area contributed by atoms with Gasteiger partial charge in [0.05, 0.1) is 5.69 Å². The lowest BCUT2D eigenvalue weighted by Gasteiger charge is -1.98. The van der Waals surface area contributed by atoms with Crippen molar-refractivity contribution >= 4 is 28.2 Å². The number of rotatable bonds is 1. The highest BCUT2D eigenvalue weighted by molar-refractivity contribution is 5.95. The van der Waals surface area contributed by atoms with Gasteiger partial charge in [-0.1, -0.05) is 18.2 Å². The molecule has 0 aliphatic heterocycles. The van der Waals surface area contributed by atoms with Crippen molar-refractivity contribution in [2.45, 2.75) is 0 Å². The van der Waals surface area contributed by atoms with Crippen LogP contribution in [0.4, 0.5) is 11.6 Å². The predicted molar refractivity (Wildman–Crippen MR) is 79.1 cm³/mol. The molecule has 20 heavy (non-hydrogen) atoms. The highest BCUT2D eigenvalue weighted by Crippen LogP contribution is 2.28. The molecular formula is C14H12N6. The first kappa shape index (κ1) is 10.9. The van der Waals surface area contributed by atoms with Crippen LogP contribution in [0.25, 0.3) is 27.8 Å². The fraction of sp³-hybridized carbons (Fsp3) is 0. The molecular weight excluding hydrogens is 252 g/mol. The van der Waals surface area contributed by atoms with Crippen LogP contribution in [0.2, 0.25) is 0 Å². The van der Waals surface area contributed by atoms with Crippen molar-refractivity contribution in [3.8, 4) is 11.3 Å². The smallest absolute Gasteiger partial charge is 0.160 e. The Hall–Kier alpha value is -3.02. The van der Waals surface area contributed by atoms with E-state index in [9.17, 15) is 0 Å². The van der Waals surface area contributed by atoms with Crippen LogP contribution < -0.4 is 11.5 Å². The number of H-pyrrole nitrogens is 1. The summed E-state index contributed by atoms with van der Waals surface area (Å²) in [6, 6.07) is 11.5. The fourth-order valence-corrected chi connectivity index (χ4v) is 2.43. The number of anilines is 2. The van der Waals surface area contributed by atoms with Gasteiger partial charge in [0.25, 0.3) is 0 Å². The quantitative estimate of drug-likeness (QED) is 0.490. The average molecular weight is 264 g/mol. The molecule has 6 nitrogen and oxygen atoms in total. The molecule has 6 heteroatoms. The molecule has 98 valence electrons. The molecule has 0 bridgehead atoms. The summed E-state index contributed by atoms with van der Waals surface area (Å²) in [5, 5.41) is 5.61. The van der Waals surface area contributed by atoms with Gasteiger partial charge in [0.15, 0.2) is 5.65 Å². The summed E-state index contributed by atoms with van der Waals surface area (Å²) in [6.45, 7) is 0. The lowest BCUT2D eigenvalue weighted by molar-refractivity contribution is 0.959. The van der Waals surface area contributed by atoms with Crippen molar-refractivity contribution in [1.82, 2.24) is 19.6 Å². The largest absolute Gasteiger partial charge is 0.384 e. The Kier molecular flexibility index (Phi) is 2.03. The third-order valence-electron chi connectivity index (χ3n) is 3.34. The summed E-state index contributed by atoms with van der Waals surface area (Å²) in [7, 11) is 0. The minimum Gasteiger partial charge on any atom is -0.384 e. The maximum atomic E-state index is 5.91. The minimum atomic E-state index is 0.389. The van der Waals surface area contributed by atoms with Gasteiger partial charge in [-0.05, 0) is 6.07 Å². The molecule has 0 aliphatic rings. The Morgan fingerprint density at radius 2 is 1.95 bits per heavy atom. The third-order valence-corrected chi connectivity index (χ3v) is 3.34. The number of nitrogen functional groups attached to an aromatic ring is 2. The van der Waals surface area contributed by atoms with E-state index in [2.05, 4.69) is 21.1 Å².